The van der Waals surface area contributed by atoms with E-state index in [0.717, 1.165) is 15.6 Å². The van der Waals surface area contributed by atoms with Gasteiger partial charge in [0.1, 0.15) is 0 Å². The fraction of sp³-hybridized carbons (Fsp3) is 0.167. The molecular weight excluding hydrogens is 254 g/mol. The highest BCUT2D eigenvalue weighted by Crippen LogP contribution is 2.27. The number of hydrogen-bond donors (Lipinski definition) is 1. The van der Waals surface area contributed by atoms with E-state index < -0.39 is 0 Å². The molecule has 1 unspecified atom stereocenters. The Morgan fingerprint density at radius 3 is 2.73 bits per heavy atom. The predicted octanol–water partition coefficient (Wildman–Crippen LogP) is 3.40. The van der Waals surface area contributed by atoms with Gasteiger partial charge >= 0.3 is 0 Å². The zero-order valence-corrected chi connectivity index (χ0v) is 9.99. The number of nitrogens with two attached hydrogens (primary N) is 1. The molecule has 1 atom stereocenters. The van der Waals surface area contributed by atoms with Crippen LogP contribution in [-0.2, 0) is 0 Å². The van der Waals surface area contributed by atoms with E-state index in [-0.39, 0.29) is 6.04 Å². The van der Waals surface area contributed by atoms with Gasteiger partial charge in [-0.25, -0.2) is 0 Å². The van der Waals surface area contributed by atoms with Crippen LogP contribution in [0.4, 0.5) is 0 Å². The number of aryl methyl sites for hydroxylation is 1. The Labute approximate surface area is 97.2 Å². The summed E-state index contributed by atoms with van der Waals surface area (Å²) in [5, 5.41) is 0. The van der Waals surface area contributed by atoms with Gasteiger partial charge in [0, 0.05) is 10.0 Å². The van der Waals surface area contributed by atoms with E-state index in [0.29, 0.717) is 0 Å². The standard InChI is InChI=1S/C12H12BrNO/c1-8-2-3-10(11(13)6-8)12(14)9-4-5-15-7-9/h2-7,12H,14H2,1H3. The molecule has 15 heavy (non-hydrogen) atoms. The maximum atomic E-state index is 6.12. The Morgan fingerprint density at radius 1 is 1.33 bits per heavy atom. The van der Waals surface area contributed by atoms with Crippen molar-refractivity contribution >= 4 is 15.9 Å². The van der Waals surface area contributed by atoms with E-state index in [1.165, 1.54) is 5.56 Å². The van der Waals surface area contributed by atoms with E-state index >= 15 is 0 Å². The van der Waals surface area contributed by atoms with E-state index in [9.17, 15) is 0 Å². The van der Waals surface area contributed by atoms with Crippen LogP contribution in [0, 0.1) is 6.92 Å². The van der Waals surface area contributed by atoms with Crippen LogP contribution in [0.1, 0.15) is 22.7 Å². The van der Waals surface area contributed by atoms with Gasteiger partial charge in [0.2, 0.25) is 0 Å². The molecule has 0 bridgehead atoms. The third-order valence-corrected chi connectivity index (χ3v) is 3.08. The highest BCUT2D eigenvalue weighted by atomic mass is 79.9. The Morgan fingerprint density at radius 2 is 2.13 bits per heavy atom. The van der Waals surface area contributed by atoms with E-state index in [4.69, 9.17) is 10.2 Å². The second-order valence-electron chi connectivity index (χ2n) is 3.56. The lowest BCUT2D eigenvalue weighted by atomic mass is 10.0. The van der Waals surface area contributed by atoms with Gasteiger partial charge < -0.3 is 10.2 Å². The largest absolute Gasteiger partial charge is 0.472 e. The molecular formula is C12H12BrNO. The molecule has 0 amide bonds. The van der Waals surface area contributed by atoms with Crippen molar-refractivity contribution in [2.75, 3.05) is 0 Å². The lowest BCUT2D eigenvalue weighted by molar-refractivity contribution is 0.562. The Hall–Kier alpha value is -1.06. The second-order valence-corrected chi connectivity index (χ2v) is 4.41. The quantitative estimate of drug-likeness (QED) is 0.904. The number of hydrogen-bond acceptors (Lipinski definition) is 2. The molecule has 0 fully saturated rings. The smallest absolute Gasteiger partial charge is 0.0953 e. The van der Waals surface area contributed by atoms with Crippen molar-refractivity contribution in [1.29, 1.82) is 0 Å². The first-order valence-corrected chi connectivity index (χ1v) is 5.51. The highest BCUT2D eigenvalue weighted by molar-refractivity contribution is 9.10. The van der Waals surface area contributed by atoms with Gasteiger partial charge in [-0.3, -0.25) is 0 Å². The van der Waals surface area contributed by atoms with Gasteiger partial charge in [-0.15, -0.1) is 0 Å². The Bertz CT molecular complexity index is 451. The van der Waals surface area contributed by atoms with Gasteiger partial charge in [0.05, 0.1) is 18.6 Å². The summed E-state index contributed by atoms with van der Waals surface area (Å²) in [7, 11) is 0. The van der Waals surface area contributed by atoms with Crippen molar-refractivity contribution in [2.24, 2.45) is 5.73 Å². The summed E-state index contributed by atoms with van der Waals surface area (Å²) >= 11 is 3.52. The van der Waals surface area contributed by atoms with Gasteiger partial charge in [0.15, 0.2) is 0 Å². The number of rotatable bonds is 2. The van der Waals surface area contributed by atoms with Gasteiger partial charge in [0.25, 0.3) is 0 Å². The molecule has 3 heteroatoms. The number of benzene rings is 1. The fourth-order valence-electron chi connectivity index (χ4n) is 1.52. The van der Waals surface area contributed by atoms with Gasteiger partial charge in [-0.1, -0.05) is 28.1 Å². The van der Waals surface area contributed by atoms with Crippen LogP contribution in [0.15, 0.2) is 45.7 Å². The molecule has 2 N–H and O–H groups in total. The van der Waals surface area contributed by atoms with Crippen molar-refractivity contribution < 1.29 is 4.42 Å². The van der Waals surface area contributed by atoms with E-state index in [2.05, 4.69) is 35.0 Å². The molecule has 0 radical (unpaired) electrons. The summed E-state index contributed by atoms with van der Waals surface area (Å²) < 4.78 is 6.06. The van der Waals surface area contributed by atoms with Crippen molar-refractivity contribution in [3.05, 3.63) is 58.0 Å². The average molecular weight is 266 g/mol. The van der Waals surface area contributed by atoms with E-state index in [1.54, 1.807) is 12.5 Å². The number of furan rings is 1. The summed E-state index contributed by atoms with van der Waals surface area (Å²) in [5.41, 5.74) is 9.39. The van der Waals surface area contributed by atoms with Crippen LogP contribution in [0.5, 0.6) is 0 Å². The molecule has 2 aromatic rings. The third kappa shape index (κ3) is 2.13. The summed E-state index contributed by atoms with van der Waals surface area (Å²) in [6.07, 6.45) is 3.31. The van der Waals surface area contributed by atoms with Crippen LogP contribution in [0.25, 0.3) is 0 Å². The maximum Gasteiger partial charge on any atom is 0.0953 e. The summed E-state index contributed by atoms with van der Waals surface area (Å²) in [6.45, 7) is 2.05. The molecule has 0 saturated carbocycles. The van der Waals surface area contributed by atoms with Crippen molar-refractivity contribution in [1.82, 2.24) is 0 Å². The first kappa shape index (κ1) is 10.5. The normalized spacial score (nSPS) is 12.7. The maximum absolute atomic E-state index is 6.12. The molecule has 0 saturated heterocycles. The lowest BCUT2D eigenvalue weighted by Crippen LogP contribution is -2.11. The first-order valence-electron chi connectivity index (χ1n) is 4.72. The van der Waals surface area contributed by atoms with Crippen LogP contribution in [-0.4, -0.2) is 0 Å². The predicted molar refractivity (Wildman–Crippen MR) is 63.6 cm³/mol. The zero-order chi connectivity index (χ0) is 10.8. The minimum Gasteiger partial charge on any atom is -0.472 e. The summed E-state index contributed by atoms with van der Waals surface area (Å²) in [6, 6.07) is 7.90. The Kier molecular flexibility index (Phi) is 2.93. The molecule has 1 aromatic heterocycles. The van der Waals surface area contributed by atoms with Crippen LogP contribution in [0.2, 0.25) is 0 Å². The van der Waals surface area contributed by atoms with E-state index in [1.807, 2.05) is 12.1 Å². The monoisotopic (exact) mass is 265 g/mol. The minimum atomic E-state index is -0.140. The molecule has 0 spiro atoms. The second kappa shape index (κ2) is 4.21. The SMILES string of the molecule is Cc1ccc(C(N)c2ccoc2)c(Br)c1. The number of halogens is 1. The van der Waals surface area contributed by atoms with Crippen molar-refractivity contribution in [2.45, 2.75) is 13.0 Å². The minimum absolute atomic E-state index is 0.140. The molecule has 1 aromatic carbocycles. The topological polar surface area (TPSA) is 39.2 Å². The third-order valence-electron chi connectivity index (χ3n) is 2.39. The highest BCUT2D eigenvalue weighted by Gasteiger charge is 2.12. The van der Waals surface area contributed by atoms with Crippen LogP contribution < -0.4 is 5.73 Å². The summed E-state index contributed by atoms with van der Waals surface area (Å²) in [5.74, 6) is 0. The molecule has 0 aliphatic heterocycles. The van der Waals surface area contributed by atoms with Crippen molar-refractivity contribution in [3.63, 3.8) is 0 Å². The molecule has 2 nitrogen and oxygen atoms in total. The van der Waals surface area contributed by atoms with Crippen LogP contribution >= 0.6 is 15.9 Å². The Balaban J connectivity index is 2.38. The molecule has 0 aliphatic carbocycles. The lowest BCUT2D eigenvalue weighted by Gasteiger charge is -2.12. The molecule has 2 rings (SSSR count). The first-order chi connectivity index (χ1) is 7.18. The zero-order valence-electron chi connectivity index (χ0n) is 8.41. The van der Waals surface area contributed by atoms with Gasteiger partial charge in [-0.2, -0.15) is 0 Å². The fourth-order valence-corrected chi connectivity index (χ4v) is 2.26. The van der Waals surface area contributed by atoms with Crippen LogP contribution in [0.3, 0.4) is 0 Å². The molecule has 78 valence electrons. The van der Waals surface area contributed by atoms with Crippen molar-refractivity contribution in [3.8, 4) is 0 Å². The molecule has 0 aliphatic rings. The summed E-state index contributed by atoms with van der Waals surface area (Å²) in [4.78, 5) is 0. The van der Waals surface area contributed by atoms with Gasteiger partial charge in [-0.05, 0) is 30.2 Å². The molecule has 1 heterocycles. The average Bonchev–Trinajstić information content (AvgIpc) is 2.69.